The van der Waals surface area contributed by atoms with E-state index in [1.54, 1.807) is 6.08 Å². The van der Waals surface area contributed by atoms with Crippen molar-refractivity contribution in [2.75, 3.05) is 0 Å². The Labute approximate surface area is 130 Å². The summed E-state index contributed by atoms with van der Waals surface area (Å²) < 4.78 is 0. The lowest BCUT2D eigenvalue weighted by atomic mass is 9.69. The second-order valence-electron chi connectivity index (χ2n) is 7.41. The number of hydrogen-bond acceptors (Lipinski definition) is 2. The zero-order valence-corrected chi connectivity index (χ0v) is 13.4. The molecular formula is C19H21NO2. The van der Waals surface area contributed by atoms with E-state index < -0.39 is 0 Å². The first kappa shape index (κ1) is 13.7. The minimum atomic E-state index is -0.0191. The van der Waals surface area contributed by atoms with Crippen LogP contribution in [0.15, 0.2) is 45.7 Å². The normalized spacial score (nSPS) is 30.2. The molecule has 3 heteroatoms. The lowest BCUT2D eigenvalue weighted by molar-refractivity contribution is -0.116. The number of nitrogens with one attached hydrogen (secondary N) is 1. The largest absolute Gasteiger partial charge is 0.321 e. The van der Waals surface area contributed by atoms with Crippen molar-refractivity contribution < 1.29 is 9.59 Å². The zero-order chi connectivity index (χ0) is 15.6. The van der Waals surface area contributed by atoms with Crippen molar-refractivity contribution in [2.45, 2.75) is 46.5 Å². The molecular weight excluding hydrogens is 274 g/mol. The molecule has 1 heterocycles. The van der Waals surface area contributed by atoms with E-state index in [1.807, 2.05) is 0 Å². The molecule has 0 aromatic heterocycles. The maximum absolute atomic E-state index is 12.6. The number of carbonyl (C=O) groups is 2. The topological polar surface area (TPSA) is 46.2 Å². The number of fused-ring (bicyclic) bond motifs is 1. The number of allylic oxidation sites excluding steroid dienone is 6. The van der Waals surface area contributed by atoms with E-state index in [1.165, 1.54) is 0 Å². The Kier molecular flexibility index (Phi) is 2.69. The molecule has 0 radical (unpaired) electrons. The van der Waals surface area contributed by atoms with Gasteiger partial charge in [-0.25, -0.2) is 0 Å². The van der Waals surface area contributed by atoms with E-state index in [9.17, 15) is 9.59 Å². The molecule has 114 valence electrons. The molecule has 3 aliphatic carbocycles. The first-order valence-electron chi connectivity index (χ1n) is 8.19. The number of ketones is 1. The SMILES string of the molecule is CC(C)C1=CC(=O)C2=C3NC(=O)C4=C3C(C)(CC=C12)CCC4. The smallest absolute Gasteiger partial charge is 0.251 e. The lowest BCUT2D eigenvalue weighted by Gasteiger charge is -2.34. The van der Waals surface area contributed by atoms with Gasteiger partial charge in [-0.15, -0.1) is 0 Å². The van der Waals surface area contributed by atoms with Gasteiger partial charge < -0.3 is 5.32 Å². The van der Waals surface area contributed by atoms with Crippen molar-refractivity contribution in [3.63, 3.8) is 0 Å². The number of hydrogen-bond donors (Lipinski definition) is 1. The summed E-state index contributed by atoms with van der Waals surface area (Å²) in [5, 5.41) is 3.03. The van der Waals surface area contributed by atoms with Crippen LogP contribution in [0.3, 0.4) is 0 Å². The molecule has 0 aromatic carbocycles. The first-order valence-corrected chi connectivity index (χ1v) is 8.19. The van der Waals surface area contributed by atoms with Crippen molar-refractivity contribution in [3.05, 3.63) is 45.7 Å². The molecule has 4 aliphatic rings. The van der Waals surface area contributed by atoms with Crippen LogP contribution in [0.25, 0.3) is 0 Å². The van der Waals surface area contributed by atoms with Crippen LogP contribution < -0.4 is 5.32 Å². The molecule has 0 bridgehead atoms. The van der Waals surface area contributed by atoms with Crippen LogP contribution in [0.5, 0.6) is 0 Å². The van der Waals surface area contributed by atoms with Crippen LogP contribution in [0, 0.1) is 11.3 Å². The molecule has 1 atom stereocenters. The molecule has 0 fully saturated rings. The summed E-state index contributed by atoms with van der Waals surface area (Å²) in [6.07, 6.45) is 7.86. The van der Waals surface area contributed by atoms with Crippen LogP contribution in [-0.2, 0) is 9.59 Å². The summed E-state index contributed by atoms with van der Waals surface area (Å²) in [5.74, 6) is 0.371. The van der Waals surface area contributed by atoms with Gasteiger partial charge in [-0.2, -0.15) is 0 Å². The second kappa shape index (κ2) is 4.31. The van der Waals surface area contributed by atoms with Gasteiger partial charge in [-0.05, 0) is 59.8 Å². The van der Waals surface area contributed by atoms with E-state index in [0.717, 1.165) is 59.2 Å². The van der Waals surface area contributed by atoms with Gasteiger partial charge in [0.1, 0.15) is 0 Å². The molecule has 1 unspecified atom stereocenters. The molecule has 22 heavy (non-hydrogen) atoms. The van der Waals surface area contributed by atoms with Gasteiger partial charge in [-0.3, -0.25) is 9.59 Å². The molecule has 0 saturated carbocycles. The van der Waals surface area contributed by atoms with Crippen LogP contribution in [0.1, 0.15) is 46.5 Å². The number of rotatable bonds is 1. The van der Waals surface area contributed by atoms with E-state index in [4.69, 9.17) is 0 Å². The Morgan fingerprint density at radius 3 is 2.77 bits per heavy atom. The van der Waals surface area contributed by atoms with Gasteiger partial charge in [0.2, 0.25) is 0 Å². The highest BCUT2D eigenvalue weighted by Crippen LogP contribution is 2.53. The summed E-state index contributed by atoms with van der Waals surface area (Å²) >= 11 is 0. The van der Waals surface area contributed by atoms with Gasteiger partial charge in [0.15, 0.2) is 5.78 Å². The van der Waals surface area contributed by atoms with Gasteiger partial charge in [0, 0.05) is 5.57 Å². The molecule has 0 saturated heterocycles. The van der Waals surface area contributed by atoms with Crippen molar-refractivity contribution in [1.82, 2.24) is 5.32 Å². The maximum Gasteiger partial charge on any atom is 0.251 e. The fourth-order valence-corrected chi connectivity index (χ4v) is 4.44. The summed E-state index contributed by atoms with van der Waals surface area (Å²) in [5.41, 5.74) is 5.72. The predicted octanol–water partition coefficient (Wildman–Crippen LogP) is 3.35. The van der Waals surface area contributed by atoms with E-state index in [0.29, 0.717) is 5.92 Å². The predicted molar refractivity (Wildman–Crippen MR) is 84.8 cm³/mol. The Balaban J connectivity index is 1.99. The first-order chi connectivity index (χ1) is 10.4. The van der Waals surface area contributed by atoms with Crippen molar-refractivity contribution in [2.24, 2.45) is 11.3 Å². The monoisotopic (exact) mass is 295 g/mol. The average molecular weight is 295 g/mol. The molecule has 3 nitrogen and oxygen atoms in total. The highest BCUT2D eigenvalue weighted by atomic mass is 16.2. The van der Waals surface area contributed by atoms with Crippen LogP contribution in [-0.4, -0.2) is 11.7 Å². The lowest BCUT2D eigenvalue weighted by Crippen LogP contribution is -2.24. The van der Waals surface area contributed by atoms with Crippen molar-refractivity contribution in [1.29, 1.82) is 0 Å². The fourth-order valence-electron chi connectivity index (χ4n) is 4.44. The van der Waals surface area contributed by atoms with Crippen LogP contribution in [0.4, 0.5) is 0 Å². The third-order valence-corrected chi connectivity index (χ3v) is 5.57. The van der Waals surface area contributed by atoms with Gasteiger partial charge >= 0.3 is 0 Å². The van der Waals surface area contributed by atoms with E-state index in [2.05, 4.69) is 32.2 Å². The Bertz CT molecular complexity index is 745. The Morgan fingerprint density at radius 2 is 2.05 bits per heavy atom. The average Bonchev–Trinajstić information content (AvgIpc) is 2.91. The van der Waals surface area contributed by atoms with Crippen molar-refractivity contribution >= 4 is 11.7 Å². The Hall–Kier alpha value is -1.90. The molecule has 1 amide bonds. The summed E-state index contributed by atoms with van der Waals surface area (Å²) in [6.45, 7) is 6.47. The van der Waals surface area contributed by atoms with Crippen LogP contribution >= 0.6 is 0 Å². The molecule has 1 N–H and O–H groups in total. The summed E-state index contributed by atoms with van der Waals surface area (Å²) in [6, 6.07) is 0. The maximum atomic E-state index is 12.6. The van der Waals surface area contributed by atoms with Crippen molar-refractivity contribution in [3.8, 4) is 0 Å². The third kappa shape index (κ3) is 1.62. The molecule has 0 spiro atoms. The number of carbonyl (C=O) groups excluding carboxylic acids is 2. The minimum Gasteiger partial charge on any atom is -0.321 e. The van der Waals surface area contributed by atoms with E-state index >= 15 is 0 Å². The molecule has 1 aliphatic heterocycles. The molecule has 4 rings (SSSR count). The van der Waals surface area contributed by atoms with E-state index in [-0.39, 0.29) is 17.1 Å². The quantitative estimate of drug-likeness (QED) is 0.806. The summed E-state index contributed by atoms with van der Waals surface area (Å²) in [7, 11) is 0. The number of amides is 1. The van der Waals surface area contributed by atoms with Gasteiger partial charge in [0.25, 0.3) is 5.91 Å². The Morgan fingerprint density at radius 1 is 1.27 bits per heavy atom. The molecule has 0 aromatic rings. The minimum absolute atomic E-state index is 0.00970. The van der Waals surface area contributed by atoms with Gasteiger partial charge in [0.05, 0.1) is 11.3 Å². The summed E-state index contributed by atoms with van der Waals surface area (Å²) in [4.78, 5) is 25.0. The second-order valence-corrected chi connectivity index (χ2v) is 7.41. The standard InChI is InChI=1S/C19H21NO2/c1-10(2)13-9-14(21)15-11(13)6-8-19(3)7-4-5-12-16(19)17(15)20-18(12)22/h6,9-10H,4-5,7-8H2,1-3H3,(H,20,22). The fraction of sp³-hybridized carbons (Fsp3) is 0.474. The highest BCUT2D eigenvalue weighted by molar-refractivity contribution is 6.16. The zero-order valence-electron chi connectivity index (χ0n) is 13.4. The van der Waals surface area contributed by atoms with Gasteiger partial charge in [-0.1, -0.05) is 26.8 Å². The van der Waals surface area contributed by atoms with Crippen LogP contribution in [0.2, 0.25) is 0 Å². The third-order valence-electron chi connectivity index (χ3n) is 5.57. The highest BCUT2D eigenvalue weighted by Gasteiger charge is 2.46.